The highest BCUT2D eigenvalue weighted by molar-refractivity contribution is 5.95. The molecule has 0 aliphatic carbocycles. The van der Waals surface area contributed by atoms with E-state index < -0.39 is 0 Å². The highest BCUT2D eigenvalue weighted by atomic mass is 19.1. The number of aromatic nitrogens is 4. The van der Waals surface area contributed by atoms with Gasteiger partial charge in [-0.25, -0.2) is 14.2 Å². The van der Waals surface area contributed by atoms with Gasteiger partial charge in [-0.15, -0.1) is 0 Å². The topological polar surface area (TPSA) is 91.4 Å². The Hall–Kier alpha value is -4.21. The second-order valence-electron chi connectivity index (χ2n) is 9.94. The van der Waals surface area contributed by atoms with Gasteiger partial charge in [-0.1, -0.05) is 13.8 Å². The van der Waals surface area contributed by atoms with Crippen molar-refractivity contribution in [3.8, 4) is 17.1 Å². The van der Waals surface area contributed by atoms with Crippen LogP contribution in [0.25, 0.3) is 22.6 Å². The maximum absolute atomic E-state index is 13.2. The molecule has 0 radical (unpaired) electrons. The van der Waals surface area contributed by atoms with Crippen LogP contribution in [-0.2, 0) is 24.9 Å². The molecule has 39 heavy (non-hydrogen) atoms. The highest BCUT2D eigenvalue weighted by Crippen LogP contribution is 2.27. The van der Waals surface area contributed by atoms with E-state index in [1.807, 2.05) is 38.1 Å². The summed E-state index contributed by atoms with van der Waals surface area (Å²) in [5.41, 5.74) is 1.62. The van der Waals surface area contributed by atoms with Crippen LogP contribution in [0.4, 0.5) is 10.1 Å². The van der Waals surface area contributed by atoms with Gasteiger partial charge >= 0.3 is 5.69 Å². The third-order valence-corrected chi connectivity index (χ3v) is 7.08. The summed E-state index contributed by atoms with van der Waals surface area (Å²) in [6, 6.07) is 13.3. The first-order valence-corrected chi connectivity index (χ1v) is 13.3. The van der Waals surface area contributed by atoms with E-state index in [1.165, 1.54) is 16.7 Å². The molecule has 4 aromatic rings. The molecule has 1 aliphatic rings. The fourth-order valence-corrected chi connectivity index (χ4v) is 5.14. The number of hydrogen-bond donors (Lipinski definition) is 0. The Kier molecular flexibility index (Phi) is 7.36. The Balaban J connectivity index is 1.34. The number of amides is 1. The smallest absolute Gasteiger partial charge is 0.332 e. The number of ether oxygens (including phenoxy) is 1. The molecule has 2 aromatic carbocycles. The summed E-state index contributed by atoms with van der Waals surface area (Å²) in [4.78, 5) is 45.1. The van der Waals surface area contributed by atoms with Gasteiger partial charge in [0.05, 0.1) is 6.61 Å². The summed E-state index contributed by atoms with van der Waals surface area (Å²) < 4.78 is 23.9. The molecule has 5 rings (SSSR count). The zero-order chi connectivity index (χ0) is 27.7. The van der Waals surface area contributed by atoms with E-state index in [-0.39, 0.29) is 28.9 Å². The lowest BCUT2D eigenvalue weighted by Crippen LogP contribution is -2.40. The molecule has 204 valence electrons. The number of rotatable bonds is 9. The first-order chi connectivity index (χ1) is 18.8. The van der Waals surface area contributed by atoms with Gasteiger partial charge in [-0.05, 0) is 61.4 Å². The average Bonchev–Trinajstić information content (AvgIpc) is 3.48. The van der Waals surface area contributed by atoms with Gasteiger partial charge in [0.15, 0.2) is 11.2 Å². The third-order valence-electron chi connectivity index (χ3n) is 7.08. The van der Waals surface area contributed by atoms with Crippen molar-refractivity contribution >= 4 is 22.8 Å². The molecule has 1 fully saturated rings. The zero-order valence-electron chi connectivity index (χ0n) is 22.4. The summed E-state index contributed by atoms with van der Waals surface area (Å²) in [6.45, 7) is 5.64. The number of carbonyl (C=O) groups is 1. The number of fused-ring (bicyclic) bond motifs is 1. The van der Waals surface area contributed by atoms with E-state index in [0.29, 0.717) is 67.5 Å². The Morgan fingerprint density at radius 3 is 2.28 bits per heavy atom. The van der Waals surface area contributed by atoms with Crippen LogP contribution < -0.4 is 20.9 Å². The SMILES string of the molecule is CCCn1c(=O)c2c(nc(-c3ccc(OCC4CC(=O)N(c5ccc(F)cc5)C4)cc3)n2C)n(CCC)c1=O. The number of nitrogens with zero attached hydrogens (tertiary/aromatic N) is 5. The molecule has 0 spiro atoms. The molecule has 1 saturated heterocycles. The molecule has 1 unspecified atom stereocenters. The average molecular weight is 534 g/mol. The van der Waals surface area contributed by atoms with Crippen LogP contribution in [0.1, 0.15) is 33.1 Å². The van der Waals surface area contributed by atoms with Gasteiger partial charge in [0, 0.05) is 50.3 Å². The largest absolute Gasteiger partial charge is 0.493 e. The number of anilines is 1. The number of imidazole rings is 1. The Bertz CT molecular complexity index is 1620. The summed E-state index contributed by atoms with van der Waals surface area (Å²) in [5.74, 6) is 0.910. The van der Waals surface area contributed by atoms with Crippen LogP contribution in [0.3, 0.4) is 0 Å². The predicted octanol–water partition coefficient (Wildman–Crippen LogP) is 3.95. The van der Waals surface area contributed by atoms with E-state index in [0.717, 1.165) is 12.0 Å². The third kappa shape index (κ3) is 4.98. The summed E-state index contributed by atoms with van der Waals surface area (Å²) in [7, 11) is 1.79. The quantitative estimate of drug-likeness (QED) is 0.325. The normalized spacial score (nSPS) is 15.4. The van der Waals surface area contributed by atoms with Crippen LogP contribution >= 0.6 is 0 Å². The lowest BCUT2D eigenvalue weighted by Gasteiger charge is -2.17. The number of halogens is 1. The predicted molar refractivity (Wildman–Crippen MR) is 148 cm³/mol. The molecular formula is C29H32FN5O4. The molecular weight excluding hydrogens is 501 g/mol. The fraction of sp³-hybridized carbons (Fsp3) is 0.379. The highest BCUT2D eigenvalue weighted by Gasteiger charge is 2.31. The van der Waals surface area contributed by atoms with Gasteiger partial charge in [0.25, 0.3) is 5.56 Å². The summed E-state index contributed by atoms with van der Waals surface area (Å²) in [6.07, 6.45) is 1.79. The minimum Gasteiger partial charge on any atom is -0.493 e. The van der Waals surface area contributed by atoms with Crippen LogP contribution in [0.15, 0.2) is 58.1 Å². The lowest BCUT2D eigenvalue weighted by molar-refractivity contribution is -0.117. The number of hydrogen-bond acceptors (Lipinski definition) is 5. The maximum atomic E-state index is 13.2. The summed E-state index contributed by atoms with van der Waals surface area (Å²) in [5, 5.41) is 0. The first kappa shape index (κ1) is 26.4. The van der Waals surface area contributed by atoms with Crippen molar-refractivity contribution in [2.24, 2.45) is 13.0 Å². The molecule has 10 heteroatoms. The Morgan fingerprint density at radius 1 is 0.949 bits per heavy atom. The van der Waals surface area contributed by atoms with Crippen molar-refractivity contribution in [3.05, 3.63) is 75.2 Å². The minimum atomic E-state index is -0.337. The van der Waals surface area contributed by atoms with E-state index in [2.05, 4.69) is 0 Å². The van der Waals surface area contributed by atoms with Gasteiger partial charge in [-0.2, -0.15) is 0 Å². The van der Waals surface area contributed by atoms with E-state index in [9.17, 15) is 18.8 Å². The van der Waals surface area contributed by atoms with E-state index >= 15 is 0 Å². The first-order valence-electron chi connectivity index (χ1n) is 13.3. The Labute approximate surface area is 225 Å². The molecule has 0 saturated carbocycles. The van der Waals surface area contributed by atoms with Gasteiger partial charge in [0.2, 0.25) is 5.91 Å². The van der Waals surface area contributed by atoms with Crippen molar-refractivity contribution in [2.75, 3.05) is 18.1 Å². The minimum absolute atomic E-state index is 0.00745. The second-order valence-corrected chi connectivity index (χ2v) is 9.94. The van der Waals surface area contributed by atoms with Crippen molar-refractivity contribution < 1.29 is 13.9 Å². The second kappa shape index (κ2) is 10.9. The van der Waals surface area contributed by atoms with Gasteiger partial charge < -0.3 is 14.2 Å². The van der Waals surface area contributed by atoms with Crippen LogP contribution in [0, 0.1) is 11.7 Å². The van der Waals surface area contributed by atoms with Crippen molar-refractivity contribution in [1.29, 1.82) is 0 Å². The van der Waals surface area contributed by atoms with Gasteiger partial charge in [0.1, 0.15) is 17.4 Å². The van der Waals surface area contributed by atoms with Crippen molar-refractivity contribution in [3.63, 3.8) is 0 Å². The maximum Gasteiger partial charge on any atom is 0.332 e. The van der Waals surface area contributed by atoms with Crippen LogP contribution in [-0.4, -0.2) is 37.7 Å². The molecule has 0 bridgehead atoms. The molecule has 1 atom stereocenters. The van der Waals surface area contributed by atoms with E-state index in [1.54, 1.807) is 33.2 Å². The van der Waals surface area contributed by atoms with E-state index in [4.69, 9.17) is 9.72 Å². The molecule has 1 aliphatic heterocycles. The molecule has 0 N–H and O–H groups in total. The lowest BCUT2D eigenvalue weighted by atomic mass is 10.1. The molecule has 2 aromatic heterocycles. The molecule has 1 amide bonds. The Morgan fingerprint density at radius 2 is 1.62 bits per heavy atom. The summed E-state index contributed by atoms with van der Waals surface area (Å²) >= 11 is 0. The number of carbonyl (C=O) groups excluding carboxylic acids is 1. The number of benzene rings is 2. The van der Waals surface area contributed by atoms with Crippen molar-refractivity contribution in [2.45, 2.75) is 46.2 Å². The van der Waals surface area contributed by atoms with Crippen LogP contribution in [0.5, 0.6) is 5.75 Å². The fourth-order valence-electron chi connectivity index (χ4n) is 5.14. The van der Waals surface area contributed by atoms with Crippen molar-refractivity contribution in [1.82, 2.24) is 18.7 Å². The zero-order valence-corrected chi connectivity index (χ0v) is 22.4. The molecule has 3 heterocycles. The monoisotopic (exact) mass is 533 g/mol. The standard InChI is InChI=1S/C29H32FN5O4/c1-4-14-33-27-25(28(37)34(15-5-2)29(33)38)32(3)26(31-27)20-6-12-23(13-7-20)39-18-19-16-24(36)35(17-19)22-10-8-21(30)9-11-22/h6-13,19H,4-5,14-18H2,1-3H3. The molecule has 9 nitrogen and oxygen atoms in total. The number of aryl methyl sites for hydroxylation is 2. The van der Waals surface area contributed by atoms with Crippen LogP contribution in [0.2, 0.25) is 0 Å². The van der Waals surface area contributed by atoms with Gasteiger partial charge in [-0.3, -0.25) is 18.7 Å².